The number of furan rings is 1. The number of amides is 2. The van der Waals surface area contributed by atoms with Crippen molar-refractivity contribution >= 4 is 11.8 Å². The fourth-order valence-corrected chi connectivity index (χ4v) is 3.82. The lowest BCUT2D eigenvalue weighted by Crippen LogP contribution is -2.46. The molecule has 2 amide bonds. The summed E-state index contributed by atoms with van der Waals surface area (Å²) in [6, 6.07) is 18.4. The fraction of sp³-hybridized carbons (Fsp3) is 0.357. The van der Waals surface area contributed by atoms with Crippen LogP contribution in [0.25, 0.3) is 0 Å². The Kier molecular flexibility index (Phi) is 9.35. The lowest BCUT2D eigenvalue weighted by molar-refractivity contribution is -0.133. The van der Waals surface area contributed by atoms with Crippen LogP contribution >= 0.6 is 0 Å². The van der Waals surface area contributed by atoms with Gasteiger partial charge in [0.1, 0.15) is 12.3 Å². The Bertz CT molecular complexity index is 1080. The number of hydrogen-bond acceptors (Lipinski definition) is 5. The number of hydrogen-bond donors (Lipinski definition) is 0. The highest BCUT2D eigenvalue weighted by Gasteiger charge is 2.26. The molecule has 0 aliphatic rings. The predicted molar refractivity (Wildman–Crippen MR) is 135 cm³/mol. The Morgan fingerprint density at radius 1 is 0.971 bits per heavy atom. The molecular weight excluding hydrogens is 444 g/mol. The molecule has 1 heterocycles. The number of benzene rings is 2. The SMILES string of the molecule is CCC(C)N(CC(=O)N(CCc1ccc(OC)c(OC)c1)Cc1ccco1)C(=O)c1ccccc1. The third kappa shape index (κ3) is 6.88. The summed E-state index contributed by atoms with van der Waals surface area (Å²) in [7, 11) is 3.20. The van der Waals surface area contributed by atoms with Gasteiger partial charge in [0.25, 0.3) is 5.91 Å². The Morgan fingerprint density at radius 3 is 2.34 bits per heavy atom. The maximum Gasteiger partial charge on any atom is 0.254 e. The quantitative estimate of drug-likeness (QED) is 0.374. The summed E-state index contributed by atoms with van der Waals surface area (Å²) in [6.07, 6.45) is 2.95. The normalized spacial score (nSPS) is 11.5. The second-order valence-electron chi connectivity index (χ2n) is 8.39. The van der Waals surface area contributed by atoms with Gasteiger partial charge in [0.15, 0.2) is 11.5 Å². The largest absolute Gasteiger partial charge is 0.493 e. The molecule has 1 atom stereocenters. The van der Waals surface area contributed by atoms with Crippen molar-refractivity contribution in [1.29, 1.82) is 0 Å². The van der Waals surface area contributed by atoms with Crippen LogP contribution in [0.2, 0.25) is 0 Å². The first-order valence-corrected chi connectivity index (χ1v) is 11.8. The van der Waals surface area contributed by atoms with Gasteiger partial charge >= 0.3 is 0 Å². The first-order chi connectivity index (χ1) is 17.0. The molecule has 0 N–H and O–H groups in total. The molecule has 35 heavy (non-hydrogen) atoms. The molecule has 186 valence electrons. The second-order valence-corrected chi connectivity index (χ2v) is 8.39. The van der Waals surface area contributed by atoms with Crippen LogP contribution in [0.15, 0.2) is 71.3 Å². The van der Waals surface area contributed by atoms with Crippen molar-refractivity contribution in [1.82, 2.24) is 9.80 Å². The monoisotopic (exact) mass is 478 g/mol. The van der Waals surface area contributed by atoms with Gasteiger partial charge in [-0.25, -0.2) is 0 Å². The highest BCUT2D eigenvalue weighted by Crippen LogP contribution is 2.28. The number of carbonyl (C=O) groups is 2. The van der Waals surface area contributed by atoms with E-state index < -0.39 is 0 Å². The molecule has 1 aromatic heterocycles. The zero-order valence-corrected chi connectivity index (χ0v) is 20.9. The summed E-state index contributed by atoms with van der Waals surface area (Å²) >= 11 is 0. The molecule has 0 spiro atoms. The number of carbonyl (C=O) groups excluding carboxylic acids is 2. The van der Waals surface area contributed by atoms with E-state index in [1.165, 1.54) is 0 Å². The van der Waals surface area contributed by atoms with E-state index in [1.54, 1.807) is 48.5 Å². The molecule has 7 heteroatoms. The first kappa shape index (κ1) is 25.9. The van der Waals surface area contributed by atoms with Crippen molar-refractivity contribution in [3.63, 3.8) is 0 Å². The van der Waals surface area contributed by atoms with Gasteiger partial charge in [0.2, 0.25) is 5.91 Å². The van der Waals surface area contributed by atoms with Gasteiger partial charge in [-0.2, -0.15) is 0 Å². The van der Waals surface area contributed by atoms with Crippen LogP contribution in [-0.2, 0) is 17.8 Å². The Labute approximate surface area is 207 Å². The van der Waals surface area contributed by atoms with Gasteiger partial charge in [-0.15, -0.1) is 0 Å². The molecule has 0 aliphatic heterocycles. The van der Waals surface area contributed by atoms with Crippen molar-refractivity contribution in [2.75, 3.05) is 27.3 Å². The molecule has 0 fully saturated rings. The Morgan fingerprint density at radius 2 is 1.71 bits per heavy atom. The topological polar surface area (TPSA) is 72.2 Å². The Balaban J connectivity index is 1.78. The second kappa shape index (κ2) is 12.6. The van der Waals surface area contributed by atoms with E-state index in [0.717, 1.165) is 12.0 Å². The van der Waals surface area contributed by atoms with E-state index in [0.29, 0.717) is 42.3 Å². The van der Waals surface area contributed by atoms with Gasteiger partial charge in [0, 0.05) is 18.2 Å². The van der Waals surface area contributed by atoms with Crippen LogP contribution in [-0.4, -0.2) is 55.0 Å². The maximum absolute atomic E-state index is 13.5. The molecule has 2 aromatic carbocycles. The van der Waals surface area contributed by atoms with Crippen molar-refractivity contribution in [2.45, 2.75) is 39.3 Å². The average molecular weight is 479 g/mol. The average Bonchev–Trinajstić information content (AvgIpc) is 3.42. The summed E-state index contributed by atoms with van der Waals surface area (Å²) in [5, 5.41) is 0. The van der Waals surface area contributed by atoms with E-state index in [4.69, 9.17) is 13.9 Å². The molecule has 0 saturated carbocycles. The van der Waals surface area contributed by atoms with Crippen LogP contribution in [0.5, 0.6) is 11.5 Å². The summed E-state index contributed by atoms with van der Waals surface area (Å²) in [5.41, 5.74) is 1.59. The molecule has 0 radical (unpaired) electrons. The van der Waals surface area contributed by atoms with Crippen LogP contribution < -0.4 is 9.47 Å². The van der Waals surface area contributed by atoms with Crippen molar-refractivity contribution < 1.29 is 23.5 Å². The smallest absolute Gasteiger partial charge is 0.254 e. The maximum atomic E-state index is 13.5. The summed E-state index contributed by atoms with van der Waals surface area (Å²) in [4.78, 5) is 30.2. The number of methoxy groups -OCH3 is 2. The van der Waals surface area contributed by atoms with E-state index >= 15 is 0 Å². The summed E-state index contributed by atoms with van der Waals surface area (Å²) in [5.74, 6) is 1.71. The van der Waals surface area contributed by atoms with Crippen LogP contribution in [0, 0.1) is 0 Å². The van der Waals surface area contributed by atoms with Gasteiger partial charge in [-0.3, -0.25) is 9.59 Å². The zero-order chi connectivity index (χ0) is 25.2. The minimum absolute atomic E-state index is 0.00459. The highest BCUT2D eigenvalue weighted by atomic mass is 16.5. The van der Waals surface area contributed by atoms with E-state index in [-0.39, 0.29) is 24.4 Å². The molecule has 3 aromatic rings. The van der Waals surface area contributed by atoms with E-state index in [1.807, 2.05) is 56.3 Å². The first-order valence-electron chi connectivity index (χ1n) is 11.8. The number of nitrogens with zero attached hydrogens (tertiary/aromatic N) is 2. The predicted octanol–water partition coefficient (Wildman–Crippen LogP) is 4.81. The van der Waals surface area contributed by atoms with Gasteiger partial charge in [-0.05, 0) is 61.7 Å². The minimum atomic E-state index is -0.147. The van der Waals surface area contributed by atoms with Crippen LogP contribution in [0.4, 0.5) is 0 Å². The van der Waals surface area contributed by atoms with E-state index in [2.05, 4.69) is 0 Å². The van der Waals surface area contributed by atoms with Crippen LogP contribution in [0.3, 0.4) is 0 Å². The number of ether oxygens (including phenoxy) is 2. The van der Waals surface area contributed by atoms with Crippen molar-refractivity contribution in [2.24, 2.45) is 0 Å². The lowest BCUT2D eigenvalue weighted by Gasteiger charge is -2.31. The molecule has 7 nitrogen and oxygen atoms in total. The third-order valence-corrected chi connectivity index (χ3v) is 6.11. The standard InChI is InChI=1S/C28H34N2O5/c1-5-21(2)30(28(32)23-10-7-6-8-11-23)20-27(31)29(19-24-12-9-17-35-24)16-15-22-13-14-25(33-3)26(18-22)34-4/h6-14,17-18,21H,5,15-16,19-20H2,1-4H3. The van der Waals surface area contributed by atoms with E-state index in [9.17, 15) is 9.59 Å². The Hall–Kier alpha value is -3.74. The van der Waals surface area contributed by atoms with Gasteiger partial charge in [-0.1, -0.05) is 31.2 Å². The highest BCUT2D eigenvalue weighted by molar-refractivity contribution is 5.96. The molecular formula is C28H34N2O5. The lowest BCUT2D eigenvalue weighted by atomic mass is 10.1. The summed E-state index contributed by atoms with van der Waals surface area (Å²) < 4.78 is 16.2. The minimum Gasteiger partial charge on any atom is -0.493 e. The molecule has 1 unspecified atom stereocenters. The zero-order valence-electron chi connectivity index (χ0n) is 20.9. The molecule has 0 bridgehead atoms. The number of rotatable bonds is 12. The van der Waals surface area contributed by atoms with Crippen molar-refractivity contribution in [3.8, 4) is 11.5 Å². The van der Waals surface area contributed by atoms with Gasteiger partial charge in [0.05, 0.1) is 27.0 Å². The summed E-state index contributed by atoms with van der Waals surface area (Å²) in [6.45, 7) is 4.76. The third-order valence-electron chi connectivity index (χ3n) is 6.11. The fourth-order valence-electron chi connectivity index (χ4n) is 3.82. The van der Waals surface area contributed by atoms with Gasteiger partial charge < -0.3 is 23.7 Å². The van der Waals surface area contributed by atoms with Crippen molar-refractivity contribution in [3.05, 3.63) is 83.8 Å². The molecule has 3 rings (SSSR count). The van der Waals surface area contributed by atoms with Crippen LogP contribution in [0.1, 0.15) is 41.9 Å². The molecule has 0 aliphatic carbocycles. The molecule has 0 saturated heterocycles.